The highest BCUT2D eigenvalue weighted by molar-refractivity contribution is 6.30. The van der Waals surface area contributed by atoms with Crippen LogP contribution in [0, 0.1) is 0 Å². The van der Waals surface area contributed by atoms with E-state index in [0.717, 1.165) is 9.13 Å². The van der Waals surface area contributed by atoms with Crippen LogP contribution in [0.4, 0.5) is 0 Å². The Morgan fingerprint density at radius 1 is 0.931 bits per heavy atom. The molecule has 1 unspecified atom stereocenters. The third-order valence-electron chi connectivity index (χ3n) is 5.55. The minimum absolute atomic E-state index is 0.0801. The molecule has 1 atom stereocenters. The quantitative estimate of drug-likeness (QED) is 0.602. The maximum atomic E-state index is 13.3. The van der Waals surface area contributed by atoms with E-state index < -0.39 is 34.6 Å². The molecule has 2 aliphatic heterocycles. The molecule has 0 radical (unpaired) electrons. The Morgan fingerprint density at radius 2 is 1.48 bits per heavy atom. The van der Waals surface area contributed by atoms with Gasteiger partial charge in [0.25, 0.3) is 23.0 Å². The van der Waals surface area contributed by atoms with Crippen LogP contribution < -0.4 is 16.0 Å². The zero-order chi connectivity index (χ0) is 21.2. The number of fused-ring (bicyclic) bond motifs is 1. The number of nitrogens with zero attached hydrogens (tertiary/aromatic N) is 4. The van der Waals surface area contributed by atoms with Crippen LogP contribution in [0.5, 0.6) is 5.88 Å². The normalized spacial score (nSPS) is 20.2. The maximum Gasteiger partial charge on any atom is 0.333 e. The smallest absolute Gasteiger partial charge is 0.333 e. The largest absolute Gasteiger partial charge is 0.450 e. The van der Waals surface area contributed by atoms with Gasteiger partial charge in [-0.1, -0.05) is 23.7 Å². The van der Waals surface area contributed by atoms with Crippen molar-refractivity contribution in [2.45, 2.75) is 11.5 Å². The van der Waals surface area contributed by atoms with Crippen LogP contribution in [0.3, 0.4) is 0 Å². The van der Waals surface area contributed by atoms with Crippen LogP contribution in [0.15, 0.2) is 33.9 Å². The standard InChI is InChI=1S/C19H19ClN4O5/c1-21-9-22(2)17(27)19(16(21)26)13(10-5-7-11(20)8-6-10)12-14(25)23(3)18(28)24(4)15(12)29-19/h5-8,13H,9H2,1-4H3. The summed E-state index contributed by atoms with van der Waals surface area (Å²) in [4.78, 5) is 54.9. The molecule has 2 aliphatic rings. The van der Waals surface area contributed by atoms with E-state index in [-0.39, 0.29) is 18.1 Å². The summed E-state index contributed by atoms with van der Waals surface area (Å²) in [5.41, 5.74) is -2.65. The van der Waals surface area contributed by atoms with Crippen molar-refractivity contribution >= 4 is 23.4 Å². The number of carbonyl (C=O) groups excluding carboxylic acids is 2. The van der Waals surface area contributed by atoms with Crippen molar-refractivity contribution in [1.29, 1.82) is 0 Å². The zero-order valence-electron chi connectivity index (χ0n) is 16.3. The van der Waals surface area contributed by atoms with Crippen LogP contribution in [0.1, 0.15) is 17.0 Å². The second-order valence-corrected chi connectivity index (χ2v) is 7.83. The van der Waals surface area contributed by atoms with E-state index in [4.69, 9.17) is 16.3 Å². The second kappa shape index (κ2) is 6.21. The molecule has 0 bridgehead atoms. The molecular formula is C19H19ClN4O5. The minimum Gasteiger partial charge on any atom is -0.450 e. The van der Waals surface area contributed by atoms with Gasteiger partial charge in [0.2, 0.25) is 5.88 Å². The number of carbonyl (C=O) groups is 2. The molecule has 3 heterocycles. The van der Waals surface area contributed by atoms with Gasteiger partial charge < -0.3 is 14.5 Å². The Hall–Kier alpha value is -3.07. The Bertz CT molecular complexity index is 1150. The summed E-state index contributed by atoms with van der Waals surface area (Å²) in [7, 11) is 5.88. The lowest BCUT2D eigenvalue weighted by Gasteiger charge is -2.43. The molecule has 152 valence electrons. The summed E-state index contributed by atoms with van der Waals surface area (Å²) in [6.07, 6.45) is 0. The highest BCUT2D eigenvalue weighted by Gasteiger charge is 2.66. The van der Waals surface area contributed by atoms with Gasteiger partial charge in [0.1, 0.15) is 0 Å². The molecule has 0 saturated carbocycles. The fourth-order valence-electron chi connectivity index (χ4n) is 4.13. The monoisotopic (exact) mass is 418 g/mol. The second-order valence-electron chi connectivity index (χ2n) is 7.39. The van der Waals surface area contributed by atoms with E-state index in [2.05, 4.69) is 0 Å². The fraction of sp³-hybridized carbons (Fsp3) is 0.368. The first-order chi connectivity index (χ1) is 13.6. The van der Waals surface area contributed by atoms with Gasteiger partial charge in [-0.15, -0.1) is 0 Å². The molecule has 4 rings (SSSR count). The first kappa shape index (κ1) is 19.3. The molecule has 1 spiro atoms. The number of halogens is 1. The average molecular weight is 419 g/mol. The maximum absolute atomic E-state index is 13.3. The van der Waals surface area contributed by atoms with Crippen molar-refractivity contribution in [3.8, 4) is 5.88 Å². The van der Waals surface area contributed by atoms with Gasteiger partial charge in [0, 0.05) is 33.2 Å². The van der Waals surface area contributed by atoms with Crippen LogP contribution in [0.25, 0.3) is 0 Å². The SMILES string of the molecule is CN1CN(C)C(=O)C2(Oc3c(c(=O)n(C)c(=O)n3C)C2c2ccc(Cl)cc2)C1=O. The number of likely N-dealkylation sites (N-methyl/N-ethyl adjacent to an activating group) is 2. The molecule has 1 aromatic heterocycles. The van der Waals surface area contributed by atoms with E-state index in [1.807, 2.05) is 0 Å². The van der Waals surface area contributed by atoms with Crippen molar-refractivity contribution in [2.24, 2.45) is 14.1 Å². The Kier molecular flexibility index (Phi) is 4.13. The number of benzene rings is 1. The number of amides is 2. The molecule has 1 fully saturated rings. The third kappa shape index (κ3) is 2.40. The van der Waals surface area contributed by atoms with Gasteiger partial charge in [0.15, 0.2) is 0 Å². The topological polar surface area (TPSA) is 93.8 Å². The average Bonchev–Trinajstić information content (AvgIpc) is 3.06. The van der Waals surface area contributed by atoms with E-state index in [9.17, 15) is 19.2 Å². The summed E-state index contributed by atoms with van der Waals surface area (Å²) < 4.78 is 8.06. The molecule has 0 aliphatic carbocycles. The first-order valence-electron chi connectivity index (χ1n) is 8.86. The van der Waals surface area contributed by atoms with Crippen molar-refractivity contribution in [3.63, 3.8) is 0 Å². The van der Waals surface area contributed by atoms with E-state index >= 15 is 0 Å². The summed E-state index contributed by atoms with van der Waals surface area (Å²) in [5.74, 6) is -2.27. The molecular weight excluding hydrogens is 400 g/mol. The van der Waals surface area contributed by atoms with Crippen LogP contribution in [0.2, 0.25) is 5.02 Å². The Labute approximate surface area is 170 Å². The molecule has 2 aromatic rings. The predicted molar refractivity (Wildman–Crippen MR) is 104 cm³/mol. The lowest BCUT2D eigenvalue weighted by Crippen LogP contribution is -2.68. The van der Waals surface area contributed by atoms with Gasteiger partial charge in [-0.25, -0.2) is 4.79 Å². The minimum atomic E-state index is -2.02. The molecule has 1 saturated heterocycles. The fourth-order valence-corrected chi connectivity index (χ4v) is 4.26. The predicted octanol–water partition coefficient (Wildman–Crippen LogP) is -0.112. The van der Waals surface area contributed by atoms with Gasteiger partial charge in [-0.3, -0.25) is 23.5 Å². The Morgan fingerprint density at radius 3 is 2.03 bits per heavy atom. The van der Waals surface area contributed by atoms with E-state index in [0.29, 0.717) is 10.6 Å². The van der Waals surface area contributed by atoms with Gasteiger partial charge in [-0.05, 0) is 17.7 Å². The molecule has 9 nitrogen and oxygen atoms in total. The first-order valence-corrected chi connectivity index (χ1v) is 9.24. The van der Waals surface area contributed by atoms with Gasteiger partial charge in [0.05, 0.1) is 18.2 Å². The molecule has 10 heteroatoms. The highest BCUT2D eigenvalue weighted by Crippen LogP contribution is 2.49. The van der Waals surface area contributed by atoms with E-state index in [1.165, 1.54) is 23.9 Å². The van der Waals surface area contributed by atoms with Crippen molar-refractivity contribution in [3.05, 3.63) is 61.3 Å². The molecule has 29 heavy (non-hydrogen) atoms. The summed E-state index contributed by atoms with van der Waals surface area (Å²) in [6.45, 7) is 0.0867. The summed E-state index contributed by atoms with van der Waals surface area (Å²) >= 11 is 6.01. The van der Waals surface area contributed by atoms with Crippen LogP contribution in [-0.2, 0) is 23.7 Å². The number of ether oxygens (including phenoxy) is 1. The highest BCUT2D eigenvalue weighted by atomic mass is 35.5. The zero-order valence-corrected chi connectivity index (χ0v) is 17.1. The number of rotatable bonds is 1. The molecule has 2 amide bonds. The lowest BCUT2D eigenvalue weighted by molar-refractivity contribution is -0.172. The lowest BCUT2D eigenvalue weighted by atomic mass is 9.77. The summed E-state index contributed by atoms with van der Waals surface area (Å²) in [6, 6.07) is 6.51. The number of aromatic nitrogens is 2. The van der Waals surface area contributed by atoms with Gasteiger partial charge in [-0.2, -0.15) is 0 Å². The van der Waals surface area contributed by atoms with Crippen LogP contribution >= 0.6 is 11.6 Å². The number of hydrogen-bond acceptors (Lipinski definition) is 5. The number of hydrogen-bond donors (Lipinski definition) is 0. The van der Waals surface area contributed by atoms with Crippen molar-refractivity contribution in [1.82, 2.24) is 18.9 Å². The van der Waals surface area contributed by atoms with Crippen LogP contribution in [-0.4, -0.2) is 57.1 Å². The third-order valence-corrected chi connectivity index (χ3v) is 5.81. The molecule has 0 N–H and O–H groups in total. The summed E-state index contributed by atoms with van der Waals surface area (Å²) in [5, 5.41) is 0.464. The van der Waals surface area contributed by atoms with Crippen molar-refractivity contribution in [2.75, 3.05) is 20.8 Å². The Balaban J connectivity index is 2.11. The van der Waals surface area contributed by atoms with Crippen molar-refractivity contribution < 1.29 is 14.3 Å². The van der Waals surface area contributed by atoms with Gasteiger partial charge >= 0.3 is 5.69 Å². The molecule has 1 aromatic carbocycles. The van der Waals surface area contributed by atoms with E-state index in [1.54, 1.807) is 38.4 Å².